The minimum absolute atomic E-state index is 0.0622. The molecule has 5 nitrogen and oxygen atoms in total. The molecular formula is C13H18N2O3. The Labute approximate surface area is 106 Å². The highest BCUT2D eigenvalue weighted by molar-refractivity contribution is 5.93. The summed E-state index contributed by atoms with van der Waals surface area (Å²) in [7, 11) is 0. The summed E-state index contributed by atoms with van der Waals surface area (Å²) >= 11 is 0. The van der Waals surface area contributed by atoms with Crippen molar-refractivity contribution in [2.24, 2.45) is 5.92 Å². The molecule has 1 saturated heterocycles. The lowest BCUT2D eigenvalue weighted by Gasteiger charge is -2.31. The molecule has 1 aromatic heterocycles. The van der Waals surface area contributed by atoms with E-state index in [1.165, 1.54) is 4.57 Å². The van der Waals surface area contributed by atoms with E-state index in [2.05, 4.69) is 6.92 Å². The molecule has 1 aromatic rings. The van der Waals surface area contributed by atoms with Gasteiger partial charge >= 0.3 is 5.97 Å². The topological polar surface area (TPSA) is 62.5 Å². The smallest absolute Gasteiger partial charge is 0.323 e. The van der Waals surface area contributed by atoms with Crippen molar-refractivity contribution < 1.29 is 14.7 Å². The van der Waals surface area contributed by atoms with E-state index in [0.29, 0.717) is 11.6 Å². The second kappa shape index (κ2) is 5.25. The van der Waals surface area contributed by atoms with Crippen LogP contribution in [-0.4, -0.2) is 39.5 Å². The van der Waals surface area contributed by atoms with E-state index in [1.807, 2.05) is 4.90 Å². The van der Waals surface area contributed by atoms with E-state index in [0.717, 1.165) is 25.9 Å². The van der Waals surface area contributed by atoms with E-state index in [-0.39, 0.29) is 12.5 Å². The number of carboxylic acid groups (broad SMARTS) is 1. The fraction of sp³-hybridized carbons (Fsp3) is 0.538. The number of hydrogen-bond donors (Lipinski definition) is 1. The van der Waals surface area contributed by atoms with E-state index < -0.39 is 5.97 Å². The van der Waals surface area contributed by atoms with E-state index >= 15 is 0 Å². The maximum atomic E-state index is 12.3. The molecule has 2 heterocycles. The number of amides is 1. The first-order valence-electron chi connectivity index (χ1n) is 6.24. The number of carbonyl (C=O) groups excluding carboxylic acids is 1. The van der Waals surface area contributed by atoms with Crippen molar-refractivity contribution >= 4 is 11.9 Å². The zero-order chi connectivity index (χ0) is 13.1. The standard InChI is InChI=1S/C13H18N2O3/c1-10-4-2-7-15(8-10)13(18)11-5-3-6-14(11)9-12(16)17/h3,5-6,10H,2,4,7-9H2,1H3,(H,16,17). The summed E-state index contributed by atoms with van der Waals surface area (Å²) in [6.45, 7) is 3.49. The van der Waals surface area contributed by atoms with E-state index in [9.17, 15) is 9.59 Å². The SMILES string of the molecule is CC1CCCN(C(=O)c2cccn2CC(=O)O)C1. The van der Waals surface area contributed by atoms with Crippen LogP contribution < -0.4 is 0 Å². The lowest BCUT2D eigenvalue weighted by molar-refractivity contribution is -0.137. The van der Waals surface area contributed by atoms with Gasteiger partial charge in [0.1, 0.15) is 12.2 Å². The third-order valence-electron chi connectivity index (χ3n) is 3.30. The molecule has 98 valence electrons. The molecule has 0 bridgehead atoms. The first-order chi connectivity index (χ1) is 8.58. The molecule has 5 heteroatoms. The number of carboxylic acids is 1. The maximum absolute atomic E-state index is 12.3. The number of piperidine rings is 1. The van der Waals surface area contributed by atoms with Crippen LogP contribution in [0.4, 0.5) is 0 Å². The Balaban J connectivity index is 2.13. The van der Waals surface area contributed by atoms with Crippen LogP contribution in [0.3, 0.4) is 0 Å². The first-order valence-corrected chi connectivity index (χ1v) is 6.24. The van der Waals surface area contributed by atoms with Gasteiger partial charge in [0.15, 0.2) is 0 Å². The van der Waals surface area contributed by atoms with Crippen LogP contribution in [0.1, 0.15) is 30.3 Å². The molecular weight excluding hydrogens is 232 g/mol. The van der Waals surface area contributed by atoms with Crippen molar-refractivity contribution in [2.45, 2.75) is 26.3 Å². The molecule has 0 aromatic carbocycles. The number of rotatable bonds is 3. The fourth-order valence-corrected chi connectivity index (χ4v) is 2.43. The van der Waals surface area contributed by atoms with Crippen LogP contribution in [0.2, 0.25) is 0 Å². The fourth-order valence-electron chi connectivity index (χ4n) is 2.43. The van der Waals surface area contributed by atoms with Gasteiger partial charge in [0.05, 0.1) is 0 Å². The molecule has 1 N–H and O–H groups in total. The Kier molecular flexibility index (Phi) is 3.69. The quantitative estimate of drug-likeness (QED) is 0.883. The largest absolute Gasteiger partial charge is 0.480 e. The lowest BCUT2D eigenvalue weighted by atomic mass is 10.00. The van der Waals surface area contributed by atoms with Gasteiger partial charge in [-0.1, -0.05) is 6.92 Å². The average Bonchev–Trinajstić information content (AvgIpc) is 2.75. The third kappa shape index (κ3) is 2.72. The normalized spacial score (nSPS) is 19.8. The molecule has 18 heavy (non-hydrogen) atoms. The highest BCUT2D eigenvalue weighted by atomic mass is 16.4. The summed E-state index contributed by atoms with van der Waals surface area (Å²) < 4.78 is 1.49. The number of nitrogens with zero attached hydrogens (tertiary/aromatic N) is 2. The summed E-state index contributed by atoms with van der Waals surface area (Å²) in [5, 5.41) is 8.80. The highest BCUT2D eigenvalue weighted by Gasteiger charge is 2.24. The van der Waals surface area contributed by atoms with Crippen molar-refractivity contribution in [3.8, 4) is 0 Å². The molecule has 1 amide bonds. The molecule has 2 rings (SSSR count). The van der Waals surface area contributed by atoms with Gasteiger partial charge < -0.3 is 14.6 Å². The molecule has 0 spiro atoms. The molecule has 1 aliphatic rings. The molecule has 0 aliphatic carbocycles. The second-order valence-electron chi connectivity index (χ2n) is 4.91. The van der Waals surface area contributed by atoms with Crippen molar-refractivity contribution in [2.75, 3.05) is 13.1 Å². The summed E-state index contributed by atoms with van der Waals surface area (Å²) in [6.07, 6.45) is 3.81. The van der Waals surface area contributed by atoms with Gasteiger partial charge in [0.25, 0.3) is 5.91 Å². The van der Waals surface area contributed by atoms with Crippen LogP contribution in [0.5, 0.6) is 0 Å². The number of aromatic nitrogens is 1. The van der Waals surface area contributed by atoms with Gasteiger partial charge in [-0.25, -0.2) is 0 Å². The summed E-state index contributed by atoms with van der Waals surface area (Å²) in [6, 6.07) is 3.40. The molecule has 0 radical (unpaired) electrons. The average molecular weight is 250 g/mol. The van der Waals surface area contributed by atoms with Crippen LogP contribution in [-0.2, 0) is 11.3 Å². The van der Waals surface area contributed by atoms with Gasteiger partial charge in [-0.2, -0.15) is 0 Å². The second-order valence-corrected chi connectivity index (χ2v) is 4.91. The zero-order valence-electron chi connectivity index (χ0n) is 10.5. The predicted molar refractivity (Wildman–Crippen MR) is 66.4 cm³/mol. The van der Waals surface area contributed by atoms with Gasteiger partial charge in [0, 0.05) is 19.3 Å². The minimum Gasteiger partial charge on any atom is -0.480 e. The van der Waals surface area contributed by atoms with Gasteiger partial charge in [-0.15, -0.1) is 0 Å². The highest BCUT2D eigenvalue weighted by Crippen LogP contribution is 2.18. The van der Waals surface area contributed by atoms with Gasteiger partial charge in [0.2, 0.25) is 0 Å². The van der Waals surface area contributed by atoms with Crippen LogP contribution in [0.15, 0.2) is 18.3 Å². The number of likely N-dealkylation sites (tertiary alicyclic amines) is 1. The Bertz CT molecular complexity index is 453. The maximum Gasteiger partial charge on any atom is 0.323 e. The Morgan fingerprint density at radius 1 is 1.50 bits per heavy atom. The molecule has 1 fully saturated rings. The van der Waals surface area contributed by atoms with Gasteiger partial charge in [-0.05, 0) is 30.9 Å². The van der Waals surface area contributed by atoms with E-state index in [1.54, 1.807) is 18.3 Å². The van der Waals surface area contributed by atoms with Crippen LogP contribution >= 0.6 is 0 Å². The lowest BCUT2D eigenvalue weighted by Crippen LogP contribution is -2.40. The zero-order valence-corrected chi connectivity index (χ0v) is 10.5. The summed E-state index contributed by atoms with van der Waals surface area (Å²) in [5.74, 6) is -0.481. The minimum atomic E-state index is -0.938. The van der Waals surface area contributed by atoms with Crippen LogP contribution in [0, 0.1) is 5.92 Å². The third-order valence-corrected chi connectivity index (χ3v) is 3.30. The predicted octanol–water partition coefficient (Wildman–Crippen LogP) is 1.44. The molecule has 1 aliphatic heterocycles. The summed E-state index contributed by atoms with van der Waals surface area (Å²) in [5.41, 5.74) is 0.464. The van der Waals surface area contributed by atoms with Crippen molar-refractivity contribution in [1.82, 2.24) is 9.47 Å². The Morgan fingerprint density at radius 3 is 2.94 bits per heavy atom. The molecule has 1 atom stereocenters. The van der Waals surface area contributed by atoms with Crippen molar-refractivity contribution in [3.63, 3.8) is 0 Å². The monoisotopic (exact) mass is 250 g/mol. The number of carbonyl (C=O) groups is 2. The van der Waals surface area contributed by atoms with Gasteiger partial charge in [-0.3, -0.25) is 9.59 Å². The summed E-state index contributed by atoms with van der Waals surface area (Å²) in [4.78, 5) is 24.9. The van der Waals surface area contributed by atoms with Crippen molar-refractivity contribution in [1.29, 1.82) is 0 Å². The Morgan fingerprint density at radius 2 is 2.28 bits per heavy atom. The molecule has 0 saturated carbocycles. The van der Waals surface area contributed by atoms with E-state index in [4.69, 9.17) is 5.11 Å². The first kappa shape index (κ1) is 12.7. The number of hydrogen-bond acceptors (Lipinski definition) is 2. The van der Waals surface area contributed by atoms with Crippen LogP contribution in [0.25, 0.3) is 0 Å². The Hall–Kier alpha value is -1.78. The number of aliphatic carboxylic acids is 1. The van der Waals surface area contributed by atoms with Crippen molar-refractivity contribution in [3.05, 3.63) is 24.0 Å². The molecule has 1 unspecified atom stereocenters.